The van der Waals surface area contributed by atoms with E-state index < -0.39 is 12.0 Å². The Bertz CT molecular complexity index is 961. The van der Waals surface area contributed by atoms with E-state index in [1.807, 2.05) is 0 Å². The number of aromatic nitrogens is 3. The number of amides is 1. The minimum Gasteiger partial charge on any atom is -0.495 e. The quantitative estimate of drug-likeness (QED) is 0.652. The van der Waals surface area contributed by atoms with Crippen molar-refractivity contribution in [2.24, 2.45) is 0 Å². The number of aliphatic hydroxyl groups excluding tert-OH is 1. The first-order chi connectivity index (χ1) is 13.0. The number of rotatable bonds is 6. The van der Waals surface area contributed by atoms with Crippen LogP contribution < -0.4 is 10.1 Å². The second-order valence-corrected chi connectivity index (χ2v) is 6.54. The highest BCUT2D eigenvalue weighted by Gasteiger charge is 2.15. The number of hydrogen-bond acceptors (Lipinski definition) is 5. The highest BCUT2D eigenvalue weighted by Crippen LogP contribution is 2.27. The van der Waals surface area contributed by atoms with Crippen LogP contribution in [-0.2, 0) is 6.54 Å². The maximum Gasteiger partial charge on any atom is 0.277 e. The summed E-state index contributed by atoms with van der Waals surface area (Å²) in [6.45, 7) is 0.134. The minimum atomic E-state index is -0.832. The molecule has 0 fully saturated rings. The summed E-state index contributed by atoms with van der Waals surface area (Å²) in [5, 5.41) is 21.6. The molecule has 0 unspecified atom stereocenters. The second-order valence-electron chi connectivity index (χ2n) is 5.70. The van der Waals surface area contributed by atoms with Gasteiger partial charge in [0.25, 0.3) is 5.91 Å². The summed E-state index contributed by atoms with van der Waals surface area (Å²) in [5.41, 5.74) is 1.26. The first-order valence-electron chi connectivity index (χ1n) is 7.95. The van der Waals surface area contributed by atoms with Gasteiger partial charge in [-0.25, -0.2) is 4.68 Å². The number of ether oxygens (including phenoxy) is 1. The average Bonchev–Trinajstić information content (AvgIpc) is 3.10. The monoisotopic (exact) mass is 406 g/mol. The third kappa shape index (κ3) is 4.77. The van der Waals surface area contributed by atoms with Crippen molar-refractivity contribution in [3.63, 3.8) is 0 Å². The summed E-state index contributed by atoms with van der Waals surface area (Å²) in [4.78, 5) is 12.3. The van der Waals surface area contributed by atoms with Crippen LogP contribution >= 0.6 is 23.2 Å². The lowest BCUT2D eigenvalue weighted by molar-refractivity contribution is 0.102. The molecule has 1 aromatic heterocycles. The van der Waals surface area contributed by atoms with E-state index in [-0.39, 0.29) is 12.2 Å². The van der Waals surface area contributed by atoms with Crippen LogP contribution in [0, 0.1) is 0 Å². The number of nitrogens with zero attached hydrogens (tertiary/aromatic N) is 3. The van der Waals surface area contributed by atoms with Crippen LogP contribution in [0.25, 0.3) is 0 Å². The first kappa shape index (κ1) is 19.2. The van der Waals surface area contributed by atoms with Crippen LogP contribution in [0.15, 0.2) is 48.7 Å². The van der Waals surface area contributed by atoms with Crippen molar-refractivity contribution in [1.82, 2.24) is 15.0 Å². The molecule has 9 heteroatoms. The highest BCUT2D eigenvalue weighted by atomic mass is 35.5. The normalized spacial score (nSPS) is 11.9. The predicted octanol–water partition coefficient (Wildman–Crippen LogP) is 3.58. The summed E-state index contributed by atoms with van der Waals surface area (Å²) in [5.74, 6) is 0.0651. The molecule has 0 bridgehead atoms. The molecule has 0 aliphatic heterocycles. The molecule has 0 saturated carbocycles. The van der Waals surface area contributed by atoms with E-state index in [1.54, 1.807) is 42.5 Å². The third-order valence-corrected chi connectivity index (χ3v) is 4.30. The number of methoxy groups -OCH3 is 1. The van der Waals surface area contributed by atoms with E-state index in [0.717, 1.165) is 0 Å². The van der Waals surface area contributed by atoms with Crippen molar-refractivity contribution < 1.29 is 14.6 Å². The van der Waals surface area contributed by atoms with E-state index in [9.17, 15) is 9.90 Å². The Labute approximate surface area is 165 Å². The maximum atomic E-state index is 12.3. The van der Waals surface area contributed by atoms with E-state index in [0.29, 0.717) is 27.0 Å². The smallest absolute Gasteiger partial charge is 0.277 e. The highest BCUT2D eigenvalue weighted by molar-refractivity contribution is 6.32. The van der Waals surface area contributed by atoms with Gasteiger partial charge in [-0.1, -0.05) is 40.5 Å². The van der Waals surface area contributed by atoms with E-state index in [1.165, 1.54) is 18.0 Å². The minimum absolute atomic E-state index is 0.111. The zero-order valence-corrected chi connectivity index (χ0v) is 15.8. The Morgan fingerprint density at radius 1 is 1.30 bits per heavy atom. The molecule has 2 aromatic carbocycles. The maximum absolute atomic E-state index is 12.3. The molecule has 1 amide bonds. The first-order valence-corrected chi connectivity index (χ1v) is 8.70. The lowest BCUT2D eigenvalue weighted by Crippen LogP contribution is -2.12. The fourth-order valence-electron chi connectivity index (χ4n) is 2.43. The molecule has 0 radical (unpaired) electrons. The lowest BCUT2D eigenvalue weighted by Gasteiger charge is -2.10. The number of aliphatic hydroxyl groups is 1. The number of hydrogen-bond donors (Lipinski definition) is 2. The second kappa shape index (κ2) is 8.39. The molecular formula is C18H16Cl2N4O3. The van der Waals surface area contributed by atoms with Crippen LogP contribution in [0.3, 0.4) is 0 Å². The molecule has 140 valence electrons. The van der Waals surface area contributed by atoms with E-state index in [4.69, 9.17) is 27.9 Å². The number of benzene rings is 2. The van der Waals surface area contributed by atoms with Crippen molar-refractivity contribution >= 4 is 34.8 Å². The molecule has 0 spiro atoms. The van der Waals surface area contributed by atoms with Crippen molar-refractivity contribution in [1.29, 1.82) is 0 Å². The molecule has 2 N–H and O–H groups in total. The zero-order valence-electron chi connectivity index (χ0n) is 14.3. The molecule has 3 aromatic rings. The molecule has 1 atom stereocenters. The van der Waals surface area contributed by atoms with Crippen LogP contribution in [0.2, 0.25) is 10.0 Å². The summed E-state index contributed by atoms with van der Waals surface area (Å²) < 4.78 is 6.46. The Balaban J connectivity index is 1.66. The number of carbonyl (C=O) groups is 1. The third-order valence-electron chi connectivity index (χ3n) is 3.77. The summed E-state index contributed by atoms with van der Waals surface area (Å²) in [7, 11) is 1.51. The van der Waals surface area contributed by atoms with Crippen molar-refractivity contribution in [3.8, 4) is 5.75 Å². The van der Waals surface area contributed by atoms with Gasteiger partial charge in [-0.2, -0.15) is 0 Å². The molecule has 0 saturated heterocycles. The Hall–Kier alpha value is -2.61. The average molecular weight is 407 g/mol. The lowest BCUT2D eigenvalue weighted by atomic mass is 10.1. The molecule has 7 nitrogen and oxygen atoms in total. The van der Waals surface area contributed by atoms with Gasteiger partial charge in [-0.3, -0.25) is 4.79 Å². The number of halogens is 2. The van der Waals surface area contributed by atoms with Gasteiger partial charge in [0.15, 0.2) is 5.69 Å². The van der Waals surface area contributed by atoms with Gasteiger partial charge in [0.05, 0.1) is 31.0 Å². The molecule has 0 aliphatic rings. The van der Waals surface area contributed by atoms with Gasteiger partial charge < -0.3 is 15.2 Å². The molecule has 3 rings (SSSR count). The van der Waals surface area contributed by atoms with Crippen LogP contribution in [0.1, 0.15) is 22.2 Å². The molecular weight excluding hydrogens is 391 g/mol. The van der Waals surface area contributed by atoms with Gasteiger partial charge in [-0.15, -0.1) is 5.10 Å². The SMILES string of the molecule is COc1ccc(NC(=O)c2cn(C[C@@H](O)c3cccc(Cl)c3)nn2)cc1Cl. The van der Waals surface area contributed by atoms with Gasteiger partial charge in [0.2, 0.25) is 0 Å². The Morgan fingerprint density at radius 3 is 2.81 bits per heavy atom. The fourth-order valence-corrected chi connectivity index (χ4v) is 2.88. The standard InChI is InChI=1S/C18H16Cl2N4O3/c1-27-17-6-5-13(8-14(17)20)21-18(26)15-9-24(23-22-15)10-16(25)11-3-2-4-12(19)7-11/h2-9,16,25H,10H2,1H3,(H,21,26)/t16-/m1/s1. The summed E-state index contributed by atoms with van der Waals surface area (Å²) in [6, 6.07) is 11.8. The van der Waals surface area contributed by atoms with Crippen molar-refractivity contribution in [3.05, 3.63) is 70.0 Å². The van der Waals surface area contributed by atoms with Crippen molar-refractivity contribution in [2.45, 2.75) is 12.6 Å². The number of nitrogens with one attached hydrogen (secondary N) is 1. The van der Waals surface area contributed by atoms with Crippen LogP contribution in [0.4, 0.5) is 5.69 Å². The number of anilines is 1. The van der Waals surface area contributed by atoms with E-state index in [2.05, 4.69) is 15.6 Å². The van der Waals surface area contributed by atoms with Crippen LogP contribution in [0.5, 0.6) is 5.75 Å². The van der Waals surface area contributed by atoms with Gasteiger partial charge in [-0.05, 0) is 35.9 Å². The molecule has 27 heavy (non-hydrogen) atoms. The topological polar surface area (TPSA) is 89.3 Å². The molecule has 0 aliphatic carbocycles. The number of carbonyl (C=O) groups excluding carboxylic acids is 1. The fraction of sp³-hybridized carbons (Fsp3) is 0.167. The predicted molar refractivity (Wildman–Crippen MR) is 102 cm³/mol. The van der Waals surface area contributed by atoms with Gasteiger partial charge in [0, 0.05) is 10.7 Å². The summed E-state index contributed by atoms with van der Waals surface area (Å²) in [6.07, 6.45) is 0.621. The van der Waals surface area contributed by atoms with Gasteiger partial charge in [0.1, 0.15) is 5.75 Å². The summed E-state index contributed by atoms with van der Waals surface area (Å²) >= 11 is 12.0. The zero-order chi connectivity index (χ0) is 19.4. The van der Waals surface area contributed by atoms with Crippen molar-refractivity contribution in [2.75, 3.05) is 12.4 Å². The Kier molecular flexibility index (Phi) is 5.95. The van der Waals surface area contributed by atoms with E-state index >= 15 is 0 Å². The van der Waals surface area contributed by atoms with Gasteiger partial charge >= 0.3 is 0 Å². The largest absolute Gasteiger partial charge is 0.495 e. The Morgan fingerprint density at radius 2 is 2.11 bits per heavy atom. The molecule has 1 heterocycles. The van der Waals surface area contributed by atoms with Crippen LogP contribution in [-0.4, -0.2) is 33.1 Å².